The molecule has 0 saturated carbocycles. The van der Waals surface area contributed by atoms with Crippen LogP contribution in [-0.2, 0) is 4.74 Å². The minimum atomic E-state index is -0.684. The van der Waals surface area contributed by atoms with Crippen LogP contribution in [0.5, 0.6) is 0 Å². The van der Waals surface area contributed by atoms with Gasteiger partial charge >= 0.3 is 5.97 Å². The van der Waals surface area contributed by atoms with Gasteiger partial charge in [0.1, 0.15) is 10.8 Å². The zero-order valence-corrected chi connectivity index (χ0v) is 12.0. The Kier molecular flexibility index (Phi) is 4.54. The average molecular weight is 308 g/mol. The third kappa shape index (κ3) is 3.38. The van der Waals surface area contributed by atoms with E-state index in [4.69, 9.17) is 10.5 Å². The molecule has 0 unspecified atom stereocenters. The van der Waals surface area contributed by atoms with Crippen LogP contribution in [0.3, 0.4) is 0 Å². The number of nitrogens with two attached hydrogens (primary N) is 1. The molecule has 7 heteroatoms. The van der Waals surface area contributed by atoms with Gasteiger partial charge < -0.3 is 15.8 Å². The predicted octanol–water partition coefficient (Wildman–Crippen LogP) is 2.90. The van der Waals surface area contributed by atoms with Gasteiger partial charge in [-0.15, -0.1) is 11.3 Å². The van der Waals surface area contributed by atoms with Gasteiger partial charge in [-0.3, -0.25) is 4.79 Å². The smallest absolute Gasteiger partial charge is 0.341 e. The highest BCUT2D eigenvalue weighted by Gasteiger charge is 2.18. The molecule has 2 rings (SSSR count). The number of amides is 1. The number of nitrogen functional groups attached to an aromatic ring is 1. The first-order valence-electron chi connectivity index (χ1n) is 6.14. The monoisotopic (exact) mass is 308 g/mol. The van der Waals surface area contributed by atoms with Gasteiger partial charge in [-0.2, -0.15) is 0 Å². The van der Waals surface area contributed by atoms with Gasteiger partial charge in [0, 0.05) is 5.69 Å². The number of halogens is 1. The van der Waals surface area contributed by atoms with Crippen LogP contribution < -0.4 is 11.1 Å². The highest BCUT2D eigenvalue weighted by molar-refractivity contribution is 7.14. The predicted molar refractivity (Wildman–Crippen MR) is 79.0 cm³/mol. The Hall–Kier alpha value is -2.41. The van der Waals surface area contributed by atoms with Crippen molar-refractivity contribution in [2.75, 3.05) is 17.7 Å². The zero-order valence-electron chi connectivity index (χ0n) is 11.2. The Balaban J connectivity index is 2.22. The van der Waals surface area contributed by atoms with Crippen molar-refractivity contribution < 1.29 is 18.7 Å². The van der Waals surface area contributed by atoms with Crippen molar-refractivity contribution in [3.05, 3.63) is 46.6 Å². The summed E-state index contributed by atoms with van der Waals surface area (Å²) in [5.74, 6) is -1.90. The summed E-state index contributed by atoms with van der Waals surface area (Å²) in [7, 11) is 0. The normalized spacial score (nSPS) is 10.2. The Morgan fingerprint density at radius 1 is 1.33 bits per heavy atom. The molecule has 5 nitrogen and oxygen atoms in total. The van der Waals surface area contributed by atoms with E-state index in [0.717, 1.165) is 17.4 Å². The number of hydrogen-bond donors (Lipinski definition) is 2. The van der Waals surface area contributed by atoms with Gasteiger partial charge in [-0.1, -0.05) is 0 Å². The molecule has 3 N–H and O–H groups in total. The van der Waals surface area contributed by atoms with E-state index >= 15 is 0 Å². The molecule has 21 heavy (non-hydrogen) atoms. The van der Waals surface area contributed by atoms with Gasteiger partial charge in [0.05, 0.1) is 17.7 Å². The molecule has 0 fully saturated rings. The summed E-state index contributed by atoms with van der Waals surface area (Å²) in [5, 5.41) is 4.44. The molecule has 2 aromatic rings. The van der Waals surface area contributed by atoms with Gasteiger partial charge in [0.25, 0.3) is 5.91 Å². The number of ether oxygens (including phenoxy) is 1. The fraction of sp³-hybridized carbons (Fsp3) is 0.143. The van der Waals surface area contributed by atoms with Gasteiger partial charge in [-0.25, -0.2) is 9.18 Å². The highest BCUT2D eigenvalue weighted by atomic mass is 32.1. The molecule has 0 saturated heterocycles. The van der Waals surface area contributed by atoms with Crippen LogP contribution in [0.1, 0.15) is 27.6 Å². The van der Waals surface area contributed by atoms with Gasteiger partial charge in [0.2, 0.25) is 0 Å². The molecule has 0 aliphatic rings. The summed E-state index contributed by atoms with van der Waals surface area (Å²) >= 11 is 1.15. The topological polar surface area (TPSA) is 81.4 Å². The molecule has 1 heterocycles. The van der Waals surface area contributed by atoms with Crippen molar-refractivity contribution in [2.24, 2.45) is 0 Å². The Labute approximate surface area is 124 Å². The van der Waals surface area contributed by atoms with Crippen molar-refractivity contribution in [3.8, 4) is 0 Å². The zero-order chi connectivity index (χ0) is 15.4. The second-order valence-electron chi connectivity index (χ2n) is 4.08. The third-order valence-corrected chi connectivity index (χ3v) is 3.45. The number of carbonyl (C=O) groups excluding carboxylic acids is 2. The number of benzene rings is 1. The average Bonchev–Trinajstić information content (AvgIpc) is 2.90. The molecule has 0 aliphatic heterocycles. The quantitative estimate of drug-likeness (QED) is 0.672. The van der Waals surface area contributed by atoms with Crippen LogP contribution in [0.4, 0.5) is 15.1 Å². The van der Waals surface area contributed by atoms with Crippen LogP contribution in [0.2, 0.25) is 0 Å². The number of rotatable bonds is 4. The lowest BCUT2D eigenvalue weighted by Gasteiger charge is -2.07. The second kappa shape index (κ2) is 6.36. The summed E-state index contributed by atoms with van der Waals surface area (Å²) in [6, 6.07) is 5.25. The van der Waals surface area contributed by atoms with E-state index in [9.17, 15) is 14.0 Å². The van der Waals surface area contributed by atoms with Crippen LogP contribution in [0, 0.1) is 5.82 Å². The fourth-order valence-electron chi connectivity index (χ4n) is 1.66. The molecule has 0 aliphatic carbocycles. The molecule has 1 amide bonds. The Morgan fingerprint density at radius 3 is 2.81 bits per heavy atom. The maximum Gasteiger partial charge on any atom is 0.341 e. The van der Waals surface area contributed by atoms with Crippen LogP contribution >= 0.6 is 11.3 Å². The van der Waals surface area contributed by atoms with E-state index in [-0.39, 0.29) is 23.4 Å². The second-order valence-corrected chi connectivity index (χ2v) is 4.99. The number of carbonyl (C=O) groups is 2. The fourth-order valence-corrected chi connectivity index (χ4v) is 2.43. The maximum atomic E-state index is 13.6. The first-order valence-corrected chi connectivity index (χ1v) is 7.02. The van der Waals surface area contributed by atoms with E-state index in [0.29, 0.717) is 5.00 Å². The van der Waals surface area contributed by atoms with Crippen LogP contribution in [-0.4, -0.2) is 18.5 Å². The lowest BCUT2D eigenvalue weighted by atomic mass is 10.1. The SMILES string of the molecule is CCOC(=O)c1ccsc1NC(=O)c1cc(N)ccc1F. The minimum absolute atomic E-state index is 0.182. The van der Waals surface area contributed by atoms with E-state index in [1.807, 2.05) is 0 Å². The van der Waals surface area contributed by atoms with Crippen molar-refractivity contribution in [1.82, 2.24) is 0 Å². The molecule has 0 bridgehead atoms. The van der Waals surface area contributed by atoms with Crippen molar-refractivity contribution >= 4 is 33.9 Å². The molecular weight excluding hydrogens is 295 g/mol. The largest absolute Gasteiger partial charge is 0.462 e. The molecule has 0 spiro atoms. The number of anilines is 2. The summed E-state index contributed by atoms with van der Waals surface area (Å²) < 4.78 is 18.5. The molecule has 0 atom stereocenters. The Morgan fingerprint density at radius 2 is 2.10 bits per heavy atom. The lowest BCUT2D eigenvalue weighted by Crippen LogP contribution is -2.16. The molecule has 0 radical (unpaired) electrons. The Bertz CT molecular complexity index is 685. The third-order valence-electron chi connectivity index (χ3n) is 2.62. The van der Waals surface area contributed by atoms with Crippen molar-refractivity contribution in [3.63, 3.8) is 0 Å². The molecular formula is C14H13FN2O3S. The number of thiophene rings is 1. The first-order chi connectivity index (χ1) is 10.0. The number of hydrogen-bond acceptors (Lipinski definition) is 5. The lowest BCUT2D eigenvalue weighted by molar-refractivity contribution is 0.0528. The van der Waals surface area contributed by atoms with E-state index in [2.05, 4.69) is 5.32 Å². The number of esters is 1. The minimum Gasteiger partial charge on any atom is -0.462 e. The summed E-state index contributed by atoms with van der Waals surface area (Å²) in [5.41, 5.74) is 5.87. The molecule has 1 aromatic heterocycles. The standard InChI is InChI=1S/C14H13FN2O3S/c1-2-20-14(19)9-5-6-21-13(9)17-12(18)10-7-8(16)3-4-11(10)15/h3-7H,2,16H2,1H3,(H,17,18). The first kappa shape index (κ1) is 15.0. The molecule has 1 aromatic carbocycles. The molecule has 110 valence electrons. The van der Waals surface area contributed by atoms with Crippen molar-refractivity contribution in [2.45, 2.75) is 6.92 Å². The van der Waals surface area contributed by atoms with Gasteiger partial charge in [0.15, 0.2) is 0 Å². The van der Waals surface area contributed by atoms with Gasteiger partial charge in [-0.05, 0) is 36.6 Å². The van der Waals surface area contributed by atoms with E-state index in [1.165, 1.54) is 18.2 Å². The summed E-state index contributed by atoms with van der Waals surface area (Å²) in [4.78, 5) is 23.8. The van der Waals surface area contributed by atoms with E-state index in [1.54, 1.807) is 12.3 Å². The highest BCUT2D eigenvalue weighted by Crippen LogP contribution is 2.25. The van der Waals surface area contributed by atoms with Crippen LogP contribution in [0.15, 0.2) is 29.6 Å². The maximum absolute atomic E-state index is 13.6. The van der Waals surface area contributed by atoms with E-state index < -0.39 is 17.7 Å². The number of nitrogens with one attached hydrogen (secondary N) is 1. The van der Waals surface area contributed by atoms with Crippen LogP contribution in [0.25, 0.3) is 0 Å². The van der Waals surface area contributed by atoms with Crippen molar-refractivity contribution in [1.29, 1.82) is 0 Å². The summed E-state index contributed by atoms with van der Waals surface area (Å²) in [6.45, 7) is 1.91. The summed E-state index contributed by atoms with van der Waals surface area (Å²) in [6.07, 6.45) is 0.